The molecule has 5 heteroatoms. The van der Waals surface area contributed by atoms with Crippen LogP contribution >= 0.6 is 0 Å². The number of carbonyl (C=O) groups is 2. The van der Waals surface area contributed by atoms with Crippen LogP contribution < -0.4 is 5.73 Å². The fraction of sp³-hybridized carbons (Fsp3) is 0.867. The van der Waals surface area contributed by atoms with E-state index in [9.17, 15) is 9.59 Å². The van der Waals surface area contributed by atoms with Crippen molar-refractivity contribution in [3.8, 4) is 0 Å². The Hall–Kier alpha value is -1.10. The normalized spacial score (nSPS) is 23.0. The summed E-state index contributed by atoms with van der Waals surface area (Å²) in [6.07, 6.45) is 6.33. The van der Waals surface area contributed by atoms with E-state index in [2.05, 4.69) is 0 Å². The van der Waals surface area contributed by atoms with Crippen molar-refractivity contribution in [3.05, 3.63) is 0 Å². The Balaban J connectivity index is 1.82. The molecule has 0 aromatic heterocycles. The molecule has 2 fully saturated rings. The van der Waals surface area contributed by atoms with Crippen molar-refractivity contribution < 1.29 is 9.59 Å². The van der Waals surface area contributed by atoms with Gasteiger partial charge in [-0.25, -0.2) is 0 Å². The number of amides is 2. The van der Waals surface area contributed by atoms with Gasteiger partial charge < -0.3 is 15.5 Å². The van der Waals surface area contributed by atoms with Crippen LogP contribution in [0, 0.1) is 0 Å². The van der Waals surface area contributed by atoms with Crippen molar-refractivity contribution in [2.24, 2.45) is 5.73 Å². The van der Waals surface area contributed by atoms with Gasteiger partial charge in [-0.1, -0.05) is 13.3 Å². The third-order valence-electron chi connectivity index (χ3n) is 4.49. The number of carbonyl (C=O) groups excluding carboxylic acids is 2. The molecule has 2 heterocycles. The molecule has 0 saturated carbocycles. The number of nitrogens with two attached hydrogens (primary N) is 1. The highest BCUT2D eigenvalue weighted by atomic mass is 16.2. The molecule has 0 unspecified atom stereocenters. The third kappa shape index (κ3) is 3.51. The molecule has 0 bridgehead atoms. The van der Waals surface area contributed by atoms with Crippen molar-refractivity contribution in [2.45, 2.75) is 64.0 Å². The second-order valence-electron chi connectivity index (χ2n) is 6.00. The second-order valence-corrected chi connectivity index (χ2v) is 6.00. The predicted octanol–water partition coefficient (Wildman–Crippen LogP) is 1.12. The van der Waals surface area contributed by atoms with Gasteiger partial charge in [0.2, 0.25) is 11.8 Å². The molecule has 1 atom stereocenters. The summed E-state index contributed by atoms with van der Waals surface area (Å²) in [4.78, 5) is 28.0. The SMILES string of the molecule is CCC[C@@H](N)C(=O)N1CCC(N2CCCCC2=O)CC1. The summed E-state index contributed by atoms with van der Waals surface area (Å²) in [5, 5.41) is 0. The van der Waals surface area contributed by atoms with Gasteiger partial charge in [-0.15, -0.1) is 0 Å². The highest BCUT2D eigenvalue weighted by molar-refractivity contribution is 5.81. The van der Waals surface area contributed by atoms with Crippen LogP contribution in [0.4, 0.5) is 0 Å². The Morgan fingerprint density at radius 1 is 1.30 bits per heavy atom. The molecule has 2 aliphatic heterocycles. The molecule has 2 saturated heterocycles. The summed E-state index contributed by atoms with van der Waals surface area (Å²) < 4.78 is 0. The van der Waals surface area contributed by atoms with Crippen molar-refractivity contribution in [2.75, 3.05) is 19.6 Å². The summed E-state index contributed by atoms with van der Waals surface area (Å²) in [7, 11) is 0. The van der Waals surface area contributed by atoms with E-state index >= 15 is 0 Å². The monoisotopic (exact) mass is 281 g/mol. The molecule has 2 amide bonds. The van der Waals surface area contributed by atoms with E-state index in [0.717, 1.165) is 58.2 Å². The fourth-order valence-electron chi connectivity index (χ4n) is 3.28. The van der Waals surface area contributed by atoms with Gasteiger partial charge in [-0.3, -0.25) is 9.59 Å². The molecule has 0 aliphatic carbocycles. The van der Waals surface area contributed by atoms with E-state index in [-0.39, 0.29) is 11.9 Å². The lowest BCUT2D eigenvalue weighted by Crippen LogP contribution is -2.52. The molecule has 0 aromatic carbocycles. The van der Waals surface area contributed by atoms with Gasteiger partial charge in [0.05, 0.1) is 6.04 Å². The van der Waals surface area contributed by atoms with E-state index < -0.39 is 0 Å². The molecular formula is C15H27N3O2. The smallest absolute Gasteiger partial charge is 0.239 e. The molecule has 2 aliphatic rings. The first-order chi connectivity index (χ1) is 9.63. The molecule has 0 radical (unpaired) electrons. The van der Waals surface area contributed by atoms with E-state index in [0.29, 0.717) is 18.4 Å². The standard InChI is InChI=1S/C15H27N3O2/c1-2-5-13(16)15(20)17-10-7-12(8-11-17)18-9-4-3-6-14(18)19/h12-13H,2-11,16H2,1H3/t13-/m1/s1. The van der Waals surface area contributed by atoms with Crippen LogP contribution in [-0.4, -0.2) is 53.3 Å². The maximum Gasteiger partial charge on any atom is 0.239 e. The van der Waals surface area contributed by atoms with Crippen LogP contribution in [0.15, 0.2) is 0 Å². The van der Waals surface area contributed by atoms with Gasteiger partial charge in [0.1, 0.15) is 0 Å². The van der Waals surface area contributed by atoms with Crippen LogP contribution in [0.25, 0.3) is 0 Å². The lowest BCUT2D eigenvalue weighted by molar-refractivity contribution is -0.139. The van der Waals surface area contributed by atoms with Gasteiger partial charge in [-0.2, -0.15) is 0 Å². The minimum Gasteiger partial charge on any atom is -0.341 e. The summed E-state index contributed by atoms with van der Waals surface area (Å²) >= 11 is 0. The summed E-state index contributed by atoms with van der Waals surface area (Å²) in [6.45, 7) is 4.42. The molecule has 2 rings (SSSR count). The highest BCUT2D eigenvalue weighted by Crippen LogP contribution is 2.22. The van der Waals surface area contributed by atoms with Crippen molar-refractivity contribution in [1.29, 1.82) is 0 Å². The molecule has 2 N–H and O–H groups in total. The average molecular weight is 281 g/mol. The van der Waals surface area contributed by atoms with Crippen molar-refractivity contribution >= 4 is 11.8 Å². The maximum atomic E-state index is 12.2. The summed E-state index contributed by atoms with van der Waals surface area (Å²) in [6, 6.07) is -0.0255. The largest absolute Gasteiger partial charge is 0.341 e. The van der Waals surface area contributed by atoms with Gasteiger partial charge in [0.25, 0.3) is 0 Å². The number of hydrogen-bond donors (Lipinski definition) is 1. The third-order valence-corrected chi connectivity index (χ3v) is 4.49. The highest BCUT2D eigenvalue weighted by Gasteiger charge is 2.31. The van der Waals surface area contributed by atoms with Crippen LogP contribution in [0.1, 0.15) is 51.9 Å². The molecule has 114 valence electrons. The minimum atomic E-state index is -0.354. The zero-order valence-electron chi connectivity index (χ0n) is 12.5. The number of rotatable bonds is 4. The Labute approximate surface area is 121 Å². The Morgan fingerprint density at radius 3 is 2.60 bits per heavy atom. The lowest BCUT2D eigenvalue weighted by atomic mass is 9.98. The van der Waals surface area contributed by atoms with Gasteiger partial charge in [0, 0.05) is 32.1 Å². The fourth-order valence-corrected chi connectivity index (χ4v) is 3.28. The zero-order valence-corrected chi connectivity index (χ0v) is 12.5. The molecule has 5 nitrogen and oxygen atoms in total. The van der Waals surface area contributed by atoms with Gasteiger partial charge >= 0.3 is 0 Å². The summed E-state index contributed by atoms with van der Waals surface area (Å²) in [5.41, 5.74) is 5.90. The van der Waals surface area contributed by atoms with Crippen molar-refractivity contribution in [3.63, 3.8) is 0 Å². The first kappa shape index (κ1) is 15.3. The first-order valence-corrected chi connectivity index (χ1v) is 7.97. The van der Waals surface area contributed by atoms with E-state index in [1.54, 1.807) is 0 Å². The van der Waals surface area contributed by atoms with Gasteiger partial charge in [-0.05, 0) is 32.1 Å². The van der Waals surface area contributed by atoms with Crippen LogP contribution in [0.5, 0.6) is 0 Å². The Morgan fingerprint density at radius 2 is 2.00 bits per heavy atom. The first-order valence-electron chi connectivity index (χ1n) is 7.97. The number of likely N-dealkylation sites (tertiary alicyclic amines) is 2. The van der Waals surface area contributed by atoms with Crippen LogP contribution in [0.2, 0.25) is 0 Å². The quantitative estimate of drug-likeness (QED) is 0.839. The lowest BCUT2D eigenvalue weighted by Gasteiger charge is -2.40. The van der Waals surface area contributed by atoms with E-state index in [1.165, 1.54) is 0 Å². The molecular weight excluding hydrogens is 254 g/mol. The second kappa shape index (κ2) is 7.07. The topological polar surface area (TPSA) is 66.6 Å². The Bertz CT molecular complexity index is 351. The average Bonchev–Trinajstić information content (AvgIpc) is 2.47. The molecule has 20 heavy (non-hydrogen) atoms. The number of piperidine rings is 2. The zero-order chi connectivity index (χ0) is 14.5. The van der Waals surface area contributed by atoms with Crippen molar-refractivity contribution in [1.82, 2.24) is 9.80 Å². The van der Waals surface area contributed by atoms with Crippen LogP contribution in [0.3, 0.4) is 0 Å². The predicted molar refractivity (Wildman–Crippen MR) is 78.0 cm³/mol. The van der Waals surface area contributed by atoms with Crippen LogP contribution in [-0.2, 0) is 9.59 Å². The van der Waals surface area contributed by atoms with E-state index in [4.69, 9.17) is 5.73 Å². The van der Waals surface area contributed by atoms with Gasteiger partial charge in [0.15, 0.2) is 0 Å². The number of nitrogens with zero attached hydrogens (tertiary/aromatic N) is 2. The number of hydrogen-bond acceptors (Lipinski definition) is 3. The summed E-state index contributed by atoms with van der Waals surface area (Å²) in [5.74, 6) is 0.374. The molecule has 0 aromatic rings. The minimum absolute atomic E-state index is 0.0790. The Kier molecular flexibility index (Phi) is 5.40. The maximum absolute atomic E-state index is 12.2. The van der Waals surface area contributed by atoms with E-state index in [1.807, 2.05) is 16.7 Å². The molecule has 0 spiro atoms.